The highest BCUT2D eigenvalue weighted by Gasteiger charge is 2.00. The van der Waals surface area contributed by atoms with E-state index in [1.807, 2.05) is 24.3 Å². The monoisotopic (exact) mass is 285 g/mol. The Hall–Kier alpha value is -0.840. The fourth-order valence-electron chi connectivity index (χ4n) is 1.61. The first-order valence-corrected chi connectivity index (χ1v) is 6.97. The molecule has 0 fully saturated rings. The van der Waals surface area contributed by atoms with Gasteiger partial charge in [-0.05, 0) is 43.5 Å². The smallest absolute Gasteiger partial charge is 0.170 e. The standard InChI is InChI=1S/C13H20ClN3S/c1-3-17(4-2)9-8-15-13(18)16-12-7-5-6-11(14)10-12/h5-7,10H,3-4,8-9H2,1-2H3,(H2,15,16,18). The molecule has 0 atom stereocenters. The predicted molar refractivity (Wildman–Crippen MR) is 83.5 cm³/mol. The average Bonchev–Trinajstić information content (AvgIpc) is 2.34. The van der Waals surface area contributed by atoms with Gasteiger partial charge in [0.25, 0.3) is 0 Å². The van der Waals surface area contributed by atoms with Gasteiger partial charge in [-0.2, -0.15) is 0 Å². The summed E-state index contributed by atoms with van der Waals surface area (Å²) in [5.74, 6) is 0. The highest BCUT2D eigenvalue weighted by molar-refractivity contribution is 7.80. The van der Waals surface area contributed by atoms with Gasteiger partial charge >= 0.3 is 0 Å². The number of halogens is 1. The maximum Gasteiger partial charge on any atom is 0.170 e. The Morgan fingerprint density at radius 2 is 2.06 bits per heavy atom. The highest BCUT2D eigenvalue weighted by Crippen LogP contribution is 2.14. The number of nitrogens with one attached hydrogen (secondary N) is 2. The molecule has 0 unspecified atom stereocenters. The normalized spacial score (nSPS) is 10.4. The molecule has 0 amide bonds. The molecule has 0 saturated carbocycles. The van der Waals surface area contributed by atoms with Crippen molar-refractivity contribution in [3.05, 3.63) is 29.3 Å². The van der Waals surface area contributed by atoms with Crippen molar-refractivity contribution in [3.63, 3.8) is 0 Å². The van der Waals surface area contributed by atoms with Crippen LogP contribution in [0.2, 0.25) is 5.02 Å². The van der Waals surface area contributed by atoms with E-state index in [0.29, 0.717) is 10.1 Å². The minimum absolute atomic E-state index is 0.629. The van der Waals surface area contributed by atoms with E-state index in [1.54, 1.807) is 0 Å². The van der Waals surface area contributed by atoms with Gasteiger partial charge in [0.1, 0.15) is 0 Å². The van der Waals surface area contributed by atoms with Gasteiger partial charge in [0.05, 0.1) is 0 Å². The number of anilines is 1. The molecule has 0 bridgehead atoms. The Kier molecular flexibility index (Phi) is 7.01. The second kappa shape index (κ2) is 8.29. The molecule has 1 rings (SSSR count). The molecule has 1 aromatic carbocycles. The third kappa shape index (κ3) is 5.67. The molecule has 5 heteroatoms. The second-order valence-corrected chi connectivity index (χ2v) is 4.76. The fourth-order valence-corrected chi connectivity index (χ4v) is 2.02. The van der Waals surface area contributed by atoms with Gasteiger partial charge in [-0.15, -0.1) is 0 Å². The molecule has 0 heterocycles. The van der Waals surface area contributed by atoms with Crippen LogP contribution in [-0.4, -0.2) is 36.2 Å². The molecule has 0 saturated heterocycles. The van der Waals surface area contributed by atoms with E-state index in [1.165, 1.54) is 0 Å². The van der Waals surface area contributed by atoms with Crippen molar-refractivity contribution in [1.82, 2.24) is 10.2 Å². The topological polar surface area (TPSA) is 27.3 Å². The Bertz CT molecular complexity index is 380. The maximum atomic E-state index is 5.90. The van der Waals surface area contributed by atoms with E-state index in [2.05, 4.69) is 29.4 Å². The molecule has 0 spiro atoms. The maximum absolute atomic E-state index is 5.90. The van der Waals surface area contributed by atoms with E-state index >= 15 is 0 Å². The van der Waals surface area contributed by atoms with Gasteiger partial charge in [-0.25, -0.2) is 0 Å². The van der Waals surface area contributed by atoms with Crippen molar-refractivity contribution < 1.29 is 0 Å². The number of benzene rings is 1. The summed E-state index contributed by atoms with van der Waals surface area (Å²) in [4.78, 5) is 2.34. The summed E-state index contributed by atoms with van der Waals surface area (Å²) in [6.07, 6.45) is 0. The third-order valence-corrected chi connectivity index (χ3v) is 3.17. The lowest BCUT2D eigenvalue weighted by Gasteiger charge is -2.19. The summed E-state index contributed by atoms with van der Waals surface area (Å²) in [5, 5.41) is 7.62. The molecule has 3 nitrogen and oxygen atoms in total. The van der Waals surface area contributed by atoms with Crippen molar-refractivity contribution >= 4 is 34.6 Å². The van der Waals surface area contributed by atoms with Gasteiger partial charge in [0.15, 0.2) is 5.11 Å². The largest absolute Gasteiger partial charge is 0.361 e. The molecule has 1 aromatic rings. The number of hydrogen-bond donors (Lipinski definition) is 2. The number of nitrogens with zero attached hydrogens (tertiary/aromatic N) is 1. The highest BCUT2D eigenvalue weighted by atomic mass is 35.5. The molecular formula is C13H20ClN3S. The molecule has 0 radical (unpaired) electrons. The SMILES string of the molecule is CCN(CC)CCNC(=S)Nc1cccc(Cl)c1. The van der Waals surface area contributed by atoms with Crippen LogP contribution in [-0.2, 0) is 0 Å². The van der Waals surface area contributed by atoms with Crippen LogP contribution in [0.1, 0.15) is 13.8 Å². The number of rotatable bonds is 6. The summed E-state index contributed by atoms with van der Waals surface area (Å²) in [7, 11) is 0. The summed E-state index contributed by atoms with van der Waals surface area (Å²) in [6.45, 7) is 8.27. The van der Waals surface area contributed by atoms with Crippen molar-refractivity contribution in [2.45, 2.75) is 13.8 Å². The number of thiocarbonyl (C=S) groups is 1. The molecule has 0 aliphatic rings. The Labute approximate surface area is 120 Å². The van der Waals surface area contributed by atoms with Gasteiger partial charge in [-0.1, -0.05) is 31.5 Å². The van der Waals surface area contributed by atoms with E-state index in [-0.39, 0.29) is 0 Å². The van der Waals surface area contributed by atoms with Crippen LogP contribution >= 0.6 is 23.8 Å². The molecule has 18 heavy (non-hydrogen) atoms. The zero-order valence-electron chi connectivity index (χ0n) is 10.9. The van der Waals surface area contributed by atoms with Crippen molar-refractivity contribution in [1.29, 1.82) is 0 Å². The first kappa shape index (κ1) is 15.2. The predicted octanol–water partition coefficient (Wildman–Crippen LogP) is 2.97. The Balaban J connectivity index is 2.29. The second-order valence-electron chi connectivity index (χ2n) is 3.92. The van der Waals surface area contributed by atoms with Crippen molar-refractivity contribution in [2.75, 3.05) is 31.5 Å². The van der Waals surface area contributed by atoms with Crippen LogP contribution in [0.4, 0.5) is 5.69 Å². The van der Waals surface area contributed by atoms with Crippen LogP contribution in [0.5, 0.6) is 0 Å². The van der Waals surface area contributed by atoms with E-state index in [0.717, 1.165) is 31.9 Å². The number of hydrogen-bond acceptors (Lipinski definition) is 2. The lowest BCUT2D eigenvalue weighted by molar-refractivity contribution is 0.308. The molecule has 0 aliphatic carbocycles. The minimum atomic E-state index is 0.629. The summed E-state index contributed by atoms with van der Waals surface area (Å²) >= 11 is 11.1. The zero-order valence-corrected chi connectivity index (χ0v) is 12.4. The van der Waals surface area contributed by atoms with Crippen molar-refractivity contribution in [3.8, 4) is 0 Å². The Morgan fingerprint density at radius 3 is 2.67 bits per heavy atom. The molecule has 0 aromatic heterocycles. The van der Waals surface area contributed by atoms with Gasteiger partial charge in [-0.3, -0.25) is 0 Å². The van der Waals surface area contributed by atoms with Crippen LogP contribution in [0.25, 0.3) is 0 Å². The fraction of sp³-hybridized carbons (Fsp3) is 0.462. The summed E-state index contributed by atoms with van der Waals surface area (Å²) in [5.41, 5.74) is 0.905. The minimum Gasteiger partial charge on any atom is -0.361 e. The third-order valence-electron chi connectivity index (χ3n) is 2.69. The lowest BCUT2D eigenvalue weighted by Crippen LogP contribution is -2.36. The van der Waals surface area contributed by atoms with E-state index < -0.39 is 0 Å². The summed E-state index contributed by atoms with van der Waals surface area (Å²) < 4.78 is 0. The lowest BCUT2D eigenvalue weighted by atomic mass is 10.3. The summed E-state index contributed by atoms with van der Waals surface area (Å²) in [6, 6.07) is 7.51. The van der Waals surface area contributed by atoms with E-state index in [9.17, 15) is 0 Å². The van der Waals surface area contributed by atoms with Crippen LogP contribution in [0, 0.1) is 0 Å². The van der Waals surface area contributed by atoms with Gasteiger partial charge < -0.3 is 15.5 Å². The van der Waals surface area contributed by atoms with Gasteiger partial charge in [0.2, 0.25) is 0 Å². The average molecular weight is 286 g/mol. The molecule has 100 valence electrons. The quantitative estimate of drug-likeness (QED) is 0.786. The van der Waals surface area contributed by atoms with Gasteiger partial charge in [0, 0.05) is 23.8 Å². The van der Waals surface area contributed by atoms with Crippen LogP contribution in [0.3, 0.4) is 0 Å². The van der Waals surface area contributed by atoms with E-state index in [4.69, 9.17) is 23.8 Å². The molecular weight excluding hydrogens is 266 g/mol. The first-order valence-electron chi connectivity index (χ1n) is 6.18. The number of likely N-dealkylation sites (N-methyl/N-ethyl adjacent to an activating group) is 1. The van der Waals surface area contributed by atoms with Crippen molar-refractivity contribution in [2.24, 2.45) is 0 Å². The van der Waals surface area contributed by atoms with Crippen LogP contribution in [0.15, 0.2) is 24.3 Å². The zero-order chi connectivity index (χ0) is 13.4. The first-order chi connectivity index (χ1) is 8.65. The van der Waals surface area contributed by atoms with Crippen LogP contribution < -0.4 is 10.6 Å². The molecule has 2 N–H and O–H groups in total. The Morgan fingerprint density at radius 1 is 1.33 bits per heavy atom. The molecule has 0 aliphatic heterocycles.